The van der Waals surface area contributed by atoms with Gasteiger partial charge in [0.1, 0.15) is 0 Å². The lowest BCUT2D eigenvalue weighted by molar-refractivity contribution is 0.735. The van der Waals surface area contributed by atoms with E-state index in [9.17, 15) is 0 Å². The Hall–Kier alpha value is -1.70. The predicted molar refractivity (Wildman–Crippen MR) is 90.6 cm³/mol. The Morgan fingerprint density at radius 1 is 1.18 bits per heavy atom. The van der Waals surface area contributed by atoms with E-state index in [-0.39, 0.29) is 0 Å². The number of tetrazole rings is 1. The maximum absolute atomic E-state index is 4.09. The second kappa shape index (κ2) is 7.53. The molecule has 1 N–H and O–H groups in total. The van der Waals surface area contributed by atoms with Crippen molar-refractivity contribution in [3.05, 3.63) is 52.2 Å². The van der Waals surface area contributed by atoms with E-state index in [1.54, 1.807) is 16.4 Å². The van der Waals surface area contributed by atoms with Crippen molar-refractivity contribution in [3.8, 4) is 5.69 Å². The highest BCUT2D eigenvalue weighted by atomic mass is 32.2. The highest BCUT2D eigenvalue weighted by Gasteiger charge is 2.08. The van der Waals surface area contributed by atoms with E-state index in [1.807, 2.05) is 41.7 Å². The number of aryl methyl sites for hydroxylation is 1. The van der Waals surface area contributed by atoms with Gasteiger partial charge in [-0.1, -0.05) is 30.0 Å². The van der Waals surface area contributed by atoms with Crippen molar-refractivity contribution in [3.63, 3.8) is 0 Å². The van der Waals surface area contributed by atoms with Gasteiger partial charge in [-0.15, -0.1) is 16.4 Å². The van der Waals surface area contributed by atoms with Crippen molar-refractivity contribution in [1.29, 1.82) is 0 Å². The van der Waals surface area contributed by atoms with E-state index in [0.717, 1.165) is 29.7 Å². The minimum atomic E-state index is 0.819. The minimum absolute atomic E-state index is 0.819. The van der Waals surface area contributed by atoms with Crippen molar-refractivity contribution >= 4 is 23.1 Å². The molecule has 0 unspecified atom stereocenters. The summed E-state index contributed by atoms with van der Waals surface area (Å²) < 4.78 is 1.77. The zero-order valence-corrected chi connectivity index (χ0v) is 13.9. The summed E-state index contributed by atoms with van der Waals surface area (Å²) in [5, 5.41) is 16.2. The smallest absolute Gasteiger partial charge is 0.214 e. The van der Waals surface area contributed by atoms with Gasteiger partial charge in [0.05, 0.1) is 5.69 Å². The summed E-state index contributed by atoms with van der Waals surface area (Å²) in [6.07, 6.45) is 0. The average Bonchev–Trinajstić information content (AvgIpc) is 3.17. The first kappa shape index (κ1) is 15.2. The standard InChI is InChI=1S/C15H17N5S2/c1-12-7-8-14(22-12)11-16-9-10-21-15-17-18-19-20(15)13-5-3-2-4-6-13/h2-8,16H,9-11H2,1H3. The molecule has 22 heavy (non-hydrogen) atoms. The van der Waals surface area contributed by atoms with Gasteiger partial charge in [-0.05, 0) is 41.6 Å². The lowest BCUT2D eigenvalue weighted by Crippen LogP contribution is -2.16. The first-order chi connectivity index (χ1) is 10.8. The van der Waals surface area contributed by atoms with Crippen LogP contribution in [0, 0.1) is 6.92 Å². The third-order valence-corrected chi connectivity index (χ3v) is 4.97. The van der Waals surface area contributed by atoms with Crippen LogP contribution in [0.1, 0.15) is 9.75 Å². The maximum Gasteiger partial charge on any atom is 0.214 e. The third-order valence-electron chi connectivity index (χ3n) is 3.05. The van der Waals surface area contributed by atoms with Crippen molar-refractivity contribution in [2.45, 2.75) is 18.6 Å². The zero-order chi connectivity index (χ0) is 15.2. The van der Waals surface area contributed by atoms with Gasteiger partial charge in [0, 0.05) is 28.6 Å². The van der Waals surface area contributed by atoms with E-state index < -0.39 is 0 Å². The fourth-order valence-electron chi connectivity index (χ4n) is 2.01. The van der Waals surface area contributed by atoms with Crippen LogP contribution in [-0.2, 0) is 6.54 Å². The molecule has 0 saturated heterocycles. The van der Waals surface area contributed by atoms with Gasteiger partial charge in [0.15, 0.2) is 0 Å². The summed E-state index contributed by atoms with van der Waals surface area (Å²) in [4.78, 5) is 2.73. The molecule has 2 heterocycles. The Morgan fingerprint density at radius 3 is 2.82 bits per heavy atom. The Labute approximate surface area is 137 Å². The molecule has 1 aromatic carbocycles. The van der Waals surface area contributed by atoms with Gasteiger partial charge in [0.25, 0.3) is 0 Å². The normalized spacial score (nSPS) is 11.0. The van der Waals surface area contributed by atoms with E-state index in [2.05, 4.69) is 39.9 Å². The predicted octanol–water partition coefficient (Wildman–Crippen LogP) is 2.91. The molecule has 0 spiro atoms. The molecule has 0 atom stereocenters. The Kier molecular flexibility index (Phi) is 5.20. The number of thioether (sulfide) groups is 1. The first-order valence-corrected chi connectivity index (χ1v) is 8.86. The van der Waals surface area contributed by atoms with Crippen LogP contribution < -0.4 is 5.32 Å². The number of para-hydroxylation sites is 1. The highest BCUT2D eigenvalue weighted by Crippen LogP contribution is 2.17. The van der Waals surface area contributed by atoms with Crippen LogP contribution in [0.4, 0.5) is 0 Å². The van der Waals surface area contributed by atoms with Gasteiger partial charge >= 0.3 is 0 Å². The highest BCUT2D eigenvalue weighted by molar-refractivity contribution is 7.99. The van der Waals surface area contributed by atoms with Crippen molar-refractivity contribution in [2.75, 3.05) is 12.3 Å². The molecule has 3 rings (SSSR count). The molecule has 0 fully saturated rings. The van der Waals surface area contributed by atoms with E-state index >= 15 is 0 Å². The van der Waals surface area contributed by atoms with Gasteiger partial charge in [0.2, 0.25) is 5.16 Å². The largest absolute Gasteiger partial charge is 0.311 e. The Bertz CT molecular complexity index is 708. The monoisotopic (exact) mass is 331 g/mol. The molecule has 2 aromatic heterocycles. The molecule has 0 aliphatic heterocycles. The zero-order valence-electron chi connectivity index (χ0n) is 12.3. The molecule has 0 amide bonds. The molecule has 5 nitrogen and oxygen atoms in total. The van der Waals surface area contributed by atoms with Gasteiger partial charge < -0.3 is 5.32 Å². The molecule has 0 aliphatic rings. The second-order valence-corrected chi connectivity index (χ2v) is 7.18. The summed E-state index contributed by atoms with van der Waals surface area (Å²) in [7, 11) is 0. The number of hydrogen-bond donors (Lipinski definition) is 1. The van der Waals surface area contributed by atoms with Gasteiger partial charge in [-0.25, -0.2) is 0 Å². The number of rotatable bonds is 7. The van der Waals surface area contributed by atoms with Gasteiger partial charge in [-0.3, -0.25) is 0 Å². The molecule has 0 saturated carbocycles. The molecule has 0 aliphatic carbocycles. The van der Waals surface area contributed by atoms with E-state index in [4.69, 9.17) is 0 Å². The molecular formula is C15H17N5S2. The lowest BCUT2D eigenvalue weighted by Gasteiger charge is -2.04. The molecule has 114 valence electrons. The van der Waals surface area contributed by atoms with Crippen molar-refractivity contribution in [2.24, 2.45) is 0 Å². The topological polar surface area (TPSA) is 55.6 Å². The Morgan fingerprint density at radius 2 is 2.05 bits per heavy atom. The number of benzene rings is 1. The molecule has 7 heteroatoms. The minimum Gasteiger partial charge on any atom is -0.311 e. The SMILES string of the molecule is Cc1ccc(CNCCSc2nnnn2-c2ccccc2)s1. The van der Waals surface area contributed by atoms with Crippen LogP contribution >= 0.6 is 23.1 Å². The summed E-state index contributed by atoms with van der Waals surface area (Å²) in [5.41, 5.74) is 0.983. The van der Waals surface area contributed by atoms with Crippen LogP contribution in [0.5, 0.6) is 0 Å². The number of nitrogens with zero attached hydrogens (tertiary/aromatic N) is 4. The number of hydrogen-bond acceptors (Lipinski definition) is 6. The van der Waals surface area contributed by atoms with Crippen LogP contribution in [0.15, 0.2) is 47.6 Å². The van der Waals surface area contributed by atoms with Crippen LogP contribution in [0.2, 0.25) is 0 Å². The Balaban J connectivity index is 1.47. The lowest BCUT2D eigenvalue weighted by atomic mass is 10.3. The number of nitrogens with one attached hydrogen (secondary N) is 1. The fourth-order valence-corrected chi connectivity index (χ4v) is 3.65. The molecule has 0 radical (unpaired) electrons. The van der Waals surface area contributed by atoms with Crippen LogP contribution in [0.25, 0.3) is 5.69 Å². The second-order valence-electron chi connectivity index (χ2n) is 4.75. The first-order valence-electron chi connectivity index (χ1n) is 7.05. The van der Waals surface area contributed by atoms with Crippen molar-refractivity contribution in [1.82, 2.24) is 25.5 Å². The van der Waals surface area contributed by atoms with Crippen LogP contribution in [-0.4, -0.2) is 32.5 Å². The van der Waals surface area contributed by atoms with E-state index in [0.29, 0.717) is 0 Å². The van der Waals surface area contributed by atoms with E-state index in [1.165, 1.54) is 9.75 Å². The summed E-state index contributed by atoms with van der Waals surface area (Å²) in [5.74, 6) is 0.928. The fraction of sp³-hybridized carbons (Fsp3) is 0.267. The molecular weight excluding hydrogens is 314 g/mol. The average molecular weight is 331 g/mol. The van der Waals surface area contributed by atoms with Gasteiger partial charge in [-0.2, -0.15) is 4.68 Å². The number of aromatic nitrogens is 4. The summed E-state index contributed by atoms with van der Waals surface area (Å²) in [6.45, 7) is 3.97. The van der Waals surface area contributed by atoms with Crippen LogP contribution in [0.3, 0.4) is 0 Å². The number of thiophene rings is 1. The van der Waals surface area contributed by atoms with Crippen molar-refractivity contribution < 1.29 is 0 Å². The molecule has 0 bridgehead atoms. The summed E-state index contributed by atoms with van der Waals surface area (Å²) in [6, 6.07) is 14.3. The summed E-state index contributed by atoms with van der Waals surface area (Å²) >= 11 is 3.49. The quantitative estimate of drug-likeness (QED) is 0.533. The third kappa shape index (κ3) is 3.94. The molecule has 3 aromatic rings. The maximum atomic E-state index is 4.09.